The van der Waals surface area contributed by atoms with E-state index in [4.69, 9.17) is 20.1 Å². The molecule has 5 nitrogen and oxygen atoms in total. The molecule has 2 aromatic carbocycles. The van der Waals surface area contributed by atoms with Crippen LogP contribution >= 0.6 is 0 Å². The zero-order valence-corrected chi connectivity index (χ0v) is 9.16. The van der Waals surface area contributed by atoms with Gasteiger partial charge in [-0.1, -0.05) is 12.1 Å². The van der Waals surface area contributed by atoms with E-state index in [0.29, 0.717) is 0 Å². The largest absolute Gasteiger partial charge is 0.278 e. The lowest BCUT2D eigenvalue weighted by atomic mass is 10.0. The average molecular weight is 256 g/mol. The maximum atomic E-state index is 11.4. The molecule has 0 aromatic heterocycles. The normalized spacial score (nSPS) is 14.5. The number of benzene rings is 2. The van der Waals surface area contributed by atoms with Gasteiger partial charge in [0.15, 0.2) is 0 Å². The van der Waals surface area contributed by atoms with Crippen LogP contribution in [0.25, 0.3) is 11.1 Å². The monoisotopic (exact) mass is 256 g/mol. The van der Waals surface area contributed by atoms with Gasteiger partial charge in [-0.15, -0.1) is 0 Å². The van der Waals surface area contributed by atoms with Crippen LogP contribution in [-0.2, 0) is 0 Å². The van der Waals surface area contributed by atoms with E-state index in [-0.39, 0.29) is 0 Å². The summed E-state index contributed by atoms with van der Waals surface area (Å²) in [6.07, 6.45) is 0. The Morgan fingerprint density at radius 2 is 1.63 bits per heavy atom. The molecular weight excluding hydrogens is 242 g/mol. The molecule has 0 saturated heterocycles. The van der Waals surface area contributed by atoms with E-state index in [1.807, 2.05) is 0 Å². The van der Waals surface area contributed by atoms with E-state index in [2.05, 4.69) is 0 Å². The smallest absolute Gasteiger partial charge is 0.258 e. The Hall–Kier alpha value is -3.18. The van der Waals surface area contributed by atoms with Gasteiger partial charge in [-0.3, -0.25) is 10.1 Å². The molecule has 2 rings (SSSR count). The summed E-state index contributed by atoms with van der Waals surface area (Å²) in [5.74, 6) is 0. The van der Waals surface area contributed by atoms with Crippen LogP contribution in [-0.4, -0.2) is 4.92 Å². The highest BCUT2D eigenvalue weighted by Crippen LogP contribution is 2.30. The first-order valence-electron chi connectivity index (χ1n) is 8.29. The van der Waals surface area contributed by atoms with Gasteiger partial charge in [0, 0.05) is 6.04 Å². The van der Waals surface area contributed by atoms with Gasteiger partial charge in [0.1, 0.15) is 0 Å². The van der Waals surface area contributed by atoms with Gasteiger partial charge >= 0.3 is 0 Å². The first-order chi connectivity index (χ1) is 12.1. The number of nitro benzene ring substituents is 1. The average Bonchev–Trinajstić information content (AvgIpc) is 2.58. The topological polar surface area (TPSA) is 90.7 Å². The Morgan fingerprint density at radius 3 is 2.16 bits per heavy atom. The molecule has 0 bridgehead atoms. The van der Waals surface area contributed by atoms with Crippen molar-refractivity contribution in [2.75, 3.05) is 0 Å². The van der Waals surface area contributed by atoms with E-state index in [1.165, 1.54) is 12.1 Å². The van der Waals surface area contributed by atoms with Crippen LogP contribution in [0.1, 0.15) is 20.7 Å². The van der Waals surface area contributed by atoms with E-state index in [0.717, 1.165) is 0 Å². The minimum absolute atomic E-state index is 0.580. The molecule has 19 heavy (non-hydrogen) atoms. The fourth-order valence-electron chi connectivity index (χ4n) is 1.26. The lowest BCUT2D eigenvalue weighted by Crippen LogP contribution is -1.93. The number of nitriles is 2. The number of nitro groups is 1. The first kappa shape index (κ1) is 6.12. The quantitative estimate of drug-likeness (QED) is 0.610. The third-order valence-corrected chi connectivity index (χ3v) is 2.07. The van der Waals surface area contributed by atoms with Crippen molar-refractivity contribution in [2.24, 2.45) is 0 Å². The summed E-state index contributed by atoms with van der Waals surface area (Å²) in [5, 5.41) is 29.4. The standard InChI is InChI=1S/C14H7N3O2/c15-8-10-1-4-12(5-2-10)13-6-3-11(9-16)7-14(13)17(18)19/h1-7H/i1D,2D,3D,4D,5D,6D,7D. The Bertz CT molecular complexity index is 1040. The van der Waals surface area contributed by atoms with Gasteiger partial charge in [-0.05, 0) is 29.7 Å². The minimum atomic E-state index is -1.08. The van der Waals surface area contributed by atoms with Crippen LogP contribution in [0.4, 0.5) is 5.69 Å². The molecule has 5 heteroatoms. The molecule has 0 aliphatic rings. The second kappa shape index (κ2) is 4.99. The molecule has 0 N–H and O–H groups in total. The number of rotatable bonds is 2. The van der Waals surface area contributed by atoms with Crippen LogP contribution in [0.5, 0.6) is 0 Å². The predicted molar refractivity (Wildman–Crippen MR) is 68.0 cm³/mol. The Balaban J connectivity index is 3.17. The first-order valence-corrected chi connectivity index (χ1v) is 4.79. The summed E-state index contributed by atoms with van der Waals surface area (Å²) in [4.78, 5) is 10.3. The fourth-order valence-corrected chi connectivity index (χ4v) is 1.26. The fraction of sp³-hybridized carbons (Fsp3) is 0. The molecule has 0 aliphatic heterocycles. The SMILES string of the molecule is [2H]c1c([2H])c(-c2c([2H])c([2H])c(C#N)c([2H])c2[N+](=O)[O-])c([2H])c([2H])c1C#N. The van der Waals surface area contributed by atoms with E-state index >= 15 is 0 Å². The highest BCUT2D eigenvalue weighted by molar-refractivity contribution is 5.75. The summed E-state index contributed by atoms with van der Waals surface area (Å²) < 4.78 is 55.0. The molecule has 0 fully saturated rings. The third-order valence-electron chi connectivity index (χ3n) is 2.07. The summed E-state index contributed by atoms with van der Waals surface area (Å²) in [5.41, 5.74) is -3.82. The second-order valence-electron chi connectivity index (χ2n) is 3.20. The van der Waals surface area contributed by atoms with Crippen LogP contribution in [0, 0.1) is 32.8 Å². The molecule has 0 amide bonds. The molecule has 0 heterocycles. The maximum Gasteiger partial charge on any atom is 0.278 e. The summed E-state index contributed by atoms with van der Waals surface area (Å²) in [6, 6.07) is -2.87. The van der Waals surface area contributed by atoms with E-state index in [1.54, 1.807) is 0 Å². The summed E-state index contributed by atoms with van der Waals surface area (Å²) in [6.45, 7) is 0. The van der Waals surface area contributed by atoms with Gasteiger partial charge < -0.3 is 0 Å². The number of nitrogens with zero attached hydrogens (tertiary/aromatic N) is 3. The molecule has 0 unspecified atom stereocenters. The molecule has 0 saturated carbocycles. The zero-order chi connectivity index (χ0) is 19.9. The van der Waals surface area contributed by atoms with Gasteiger partial charge in [-0.2, -0.15) is 10.5 Å². The Kier molecular flexibility index (Phi) is 1.61. The molecule has 90 valence electrons. The minimum Gasteiger partial charge on any atom is -0.258 e. The lowest BCUT2D eigenvalue weighted by molar-refractivity contribution is -0.384. The van der Waals surface area contributed by atoms with Crippen LogP contribution < -0.4 is 0 Å². The zero-order valence-electron chi connectivity index (χ0n) is 16.2. The highest BCUT2D eigenvalue weighted by atomic mass is 16.6. The van der Waals surface area contributed by atoms with Crippen LogP contribution in [0.15, 0.2) is 42.3 Å². The van der Waals surface area contributed by atoms with Gasteiger partial charge in [-0.25, -0.2) is 0 Å². The van der Waals surface area contributed by atoms with Crippen molar-refractivity contribution in [3.05, 3.63) is 63.5 Å². The predicted octanol–water partition coefficient (Wildman–Crippen LogP) is 3.01. The number of hydrogen-bond donors (Lipinski definition) is 0. The maximum absolute atomic E-state index is 11.4. The van der Waals surface area contributed by atoms with E-state index in [9.17, 15) is 10.1 Å². The van der Waals surface area contributed by atoms with E-state index < -0.39 is 75.2 Å². The van der Waals surface area contributed by atoms with Gasteiger partial charge in [0.05, 0.1) is 43.3 Å². The molecule has 0 radical (unpaired) electrons. The lowest BCUT2D eigenvalue weighted by Gasteiger charge is -2.03. The second-order valence-corrected chi connectivity index (χ2v) is 3.20. The van der Waals surface area contributed by atoms with Crippen molar-refractivity contribution in [1.82, 2.24) is 0 Å². The Morgan fingerprint density at radius 1 is 1.05 bits per heavy atom. The van der Waals surface area contributed by atoms with Crippen molar-refractivity contribution >= 4 is 5.69 Å². The van der Waals surface area contributed by atoms with Crippen LogP contribution in [0.3, 0.4) is 0 Å². The van der Waals surface area contributed by atoms with Crippen molar-refractivity contribution < 1.29 is 14.5 Å². The van der Waals surface area contributed by atoms with Crippen molar-refractivity contribution in [1.29, 1.82) is 10.5 Å². The van der Waals surface area contributed by atoms with Crippen LogP contribution in [0.2, 0.25) is 0 Å². The molecule has 0 aliphatic carbocycles. The molecular formula is C14H7N3O2. The van der Waals surface area contributed by atoms with Crippen molar-refractivity contribution in [3.63, 3.8) is 0 Å². The highest BCUT2D eigenvalue weighted by Gasteiger charge is 2.16. The number of hydrogen-bond acceptors (Lipinski definition) is 4. The van der Waals surface area contributed by atoms with Crippen molar-refractivity contribution in [2.45, 2.75) is 0 Å². The van der Waals surface area contributed by atoms with Crippen molar-refractivity contribution in [3.8, 4) is 23.3 Å². The molecule has 2 aromatic rings. The third kappa shape index (κ3) is 2.41. The molecule has 0 spiro atoms. The molecule has 0 atom stereocenters. The van der Waals surface area contributed by atoms with Gasteiger partial charge in [0.25, 0.3) is 5.69 Å². The Labute approximate surface area is 118 Å². The van der Waals surface area contributed by atoms with Gasteiger partial charge in [0.2, 0.25) is 0 Å². The summed E-state index contributed by atoms with van der Waals surface area (Å²) in [7, 11) is 0. The summed E-state index contributed by atoms with van der Waals surface area (Å²) >= 11 is 0.